The fraction of sp³-hybridized carbons (Fsp3) is 0.727. The number of hydrogen-bond acceptors (Lipinski definition) is 3. The summed E-state index contributed by atoms with van der Waals surface area (Å²) in [6, 6.07) is 0. The van der Waals surface area contributed by atoms with E-state index < -0.39 is 18.2 Å². The molecule has 0 aromatic rings. The van der Waals surface area contributed by atoms with Crippen LogP contribution in [0.25, 0.3) is 0 Å². The number of aliphatic carboxylic acids is 1. The highest BCUT2D eigenvalue weighted by Crippen LogP contribution is 2.17. The van der Waals surface area contributed by atoms with Crippen molar-refractivity contribution in [2.75, 3.05) is 0 Å². The molecule has 0 amide bonds. The smallest absolute Gasteiger partial charge is 0.330 e. The summed E-state index contributed by atoms with van der Waals surface area (Å²) >= 11 is 0. The summed E-state index contributed by atoms with van der Waals surface area (Å²) < 4.78 is 0. The van der Waals surface area contributed by atoms with Crippen LogP contribution in [0.4, 0.5) is 0 Å². The van der Waals surface area contributed by atoms with Gasteiger partial charge in [0.25, 0.3) is 0 Å². The zero-order chi connectivity index (χ0) is 11.8. The van der Waals surface area contributed by atoms with Gasteiger partial charge in [0, 0.05) is 5.57 Å². The van der Waals surface area contributed by atoms with E-state index in [1.165, 1.54) is 0 Å². The van der Waals surface area contributed by atoms with Crippen LogP contribution in [-0.4, -0.2) is 33.5 Å². The van der Waals surface area contributed by atoms with E-state index in [9.17, 15) is 4.79 Å². The van der Waals surface area contributed by atoms with E-state index in [1.807, 2.05) is 0 Å². The Labute approximate surface area is 90.2 Å². The predicted octanol–water partition coefficient (Wildman–Crippen LogP) is 1.32. The average Bonchev–Trinajstić information content (AvgIpc) is 2.22. The van der Waals surface area contributed by atoms with Gasteiger partial charge < -0.3 is 15.3 Å². The molecule has 0 aromatic heterocycles. The first-order valence-electron chi connectivity index (χ1n) is 5.21. The van der Waals surface area contributed by atoms with Crippen LogP contribution in [0, 0.1) is 0 Å². The molecule has 4 nitrogen and oxygen atoms in total. The minimum absolute atomic E-state index is 0.389. The van der Waals surface area contributed by atoms with Crippen LogP contribution in [0.15, 0.2) is 11.6 Å². The number of carboxylic acid groups (broad SMARTS) is 1. The second kappa shape index (κ2) is 7.43. The van der Waals surface area contributed by atoms with Crippen LogP contribution in [-0.2, 0) is 4.79 Å². The van der Waals surface area contributed by atoms with Gasteiger partial charge in [-0.2, -0.15) is 0 Å². The highest BCUT2D eigenvalue weighted by Gasteiger charge is 2.19. The van der Waals surface area contributed by atoms with Gasteiger partial charge in [0.2, 0.25) is 0 Å². The molecule has 0 aromatic carbocycles. The summed E-state index contributed by atoms with van der Waals surface area (Å²) in [5.41, 5.74) is 0.389. The van der Waals surface area contributed by atoms with E-state index in [2.05, 4.69) is 0 Å². The Hall–Kier alpha value is -0.870. The molecular formula is C11H20O4. The lowest BCUT2D eigenvalue weighted by atomic mass is 9.95. The normalized spacial score (nSPS) is 26.5. The van der Waals surface area contributed by atoms with Crippen molar-refractivity contribution in [2.45, 2.75) is 51.7 Å². The number of carboxylic acids is 1. The number of hydrogen-bond donors (Lipinski definition) is 3. The molecule has 0 bridgehead atoms. The average molecular weight is 216 g/mol. The monoisotopic (exact) mass is 216 g/mol. The molecule has 0 heterocycles. The van der Waals surface area contributed by atoms with Crippen molar-refractivity contribution in [3.8, 4) is 0 Å². The fourth-order valence-corrected chi connectivity index (χ4v) is 1.22. The number of rotatable bonds is 1. The van der Waals surface area contributed by atoms with Crippen molar-refractivity contribution < 1.29 is 20.1 Å². The summed E-state index contributed by atoms with van der Waals surface area (Å²) in [7, 11) is 0. The second-order valence-corrected chi connectivity index (χ2v) is 3.70. The van der Waals surface area contributed by atoms with Crippen molar-refractivity contribution in [3.05, 3.63) is 11.6 Å². The van der Waals surface area contributed by atoms with Crippen LogP contribution in [0.5, 0.6) is 0 Å². The minimum atomic E-state index is -0.845. The maximum atomic E-state index is 9.86. The lowest BCUT2D eigenvalue weighted by Crippen LogP contribution is -2.28. The van der Waals surface area contributed by atoms with Gasteiger partial charge in [-0.05, 0) is 26.7 Å². The third-order valence-electron chi connectivity index (χ3n) is 2.46. The number of allylic oxidation sites excluding steroid dienone is 1. The highest BCUT2D eigenvalue weighted by molar-refractivity contribution is 5.85. The first kappa shape index (κ1) is 14.1. The Morgan fingerprint density at radius 3 is 1.73 bits per heavy atom. The lowest BCUT2D eigenvalue weighted by Gasteiger charge is -2.22. The number of aliphatic hydroxyl groups is 2. The van der Waals surface area contributed by atoms with E-state index >= 15 is 0 Å². The molecule has 2 unspecified atom stereocenters. The van der Waals surface area contributed by atoms with Gasteiger partial charge in [-0.25, -0.2) is 4.79 Å². The molecule has 0 aliphatic heterocycles. The first-order valence-corrected chi connectivity index (χ1v) is 5.21. The fourth-order valence-electron chi connectivity index (χ4n) is 1.22. The van der Waals surface area contributed by atoms with Crippen LogP contribution in [0.3, 0.4) is 0 Å². The van der Waals surface area contributed by atoms with Crippen LogP contribution >= 0.6 is 0 Å². The molecule has 2 atom stereocenters. The summed E-state index contributed by atoms with van der Waals surface area (Å²) in [4.78, 5) is 9.86. The molecule has 0 spiro atoms. The van der Waals surface area contributed by atoms with Gasteiger partial charge in [0.05, 0.1) is 12.2 Å². The predicted molar refractivity (Wildman–Crippen MR) is 57.5 cm³/mol. The van der Waals surface area contributed by atoms with Crippen molar-refractivity contribution in [2.24, 2.45) is 0 Å². The molecule has 0 saturated heterocycles. The maximum absolute atomic E-state index is 9.86. The molecule has 0 radical (unpaired) electrons. The molecule has 4 heteroatoms. The van der Waals surface area contributed by atoms with Crippen LogP contribution in [0.2, 0.25) is 0 Å². The third kappa shape index (κ3) is 6.25. The highest BCUT2D eigenvalue weighted by atomic mass is 16.4. The van der Waals surface area contributed by atoms with E-state index in [1.54, 1.807) is 19.9 Å². The Morgan fingerprint density at radius 2 is 1.60 bits per heavy atom. The number of aliphatic hydroxyl groups excluding tert-OH is 2. The van der Waals surface area contributed by atoms with E-state index in [0.717, 1.165) is 25.7 Å². The minimum Gasteiger partial charge on any atom is -0.478 e. The van der Waals surface area contributed by atoms with Crippen molar-refractivity contribution in [3.63, 3.8) is 0 Å². The standard InChI is InChI=1S/C6H12O2.C5H8O2/c7-5-3-1-2-4-6(5)8;1-3-4(2)5(6)7/h5-8H,1-4H2;3H,1-2H3,(H,6,7). The Kier molecular flexibility index (Phi) is 6.99. The van der Waals surface area contributed by atoms with Crippen LogP contribution < -0.4 is 0 Å². The lowest BCUT2D eigenvalue weighted by molar-refractivity contribution is -0.132. The molecule has 3 N–H and O–H groups in total. The topological polar surface area (TPSA) is 77.8 Å². The van der Waals surface area contributed by atoms with E-state index in [0.29, 0.717) is 5.57 Å². The third-order valence-corrected chi connectivity index (χ3v) is 2.46. The van der Waals surface area contributed by atoms with Crippen molar-refractivity contribution in [1.29, 1.82) is 0 Å². The van der Waals surface area contributed by atoms with Gasteiger partial charge in [-0.3, -0.25) is 0 Å². The van der Waals surface area contributed by atoms with Gasteiger partial charge in [-0.15, -0.1) is 0 Å². The van der Waals surface area contributed by atoms with E-state index in [-0.39, 0.29) is 0 Å². The Morgan fingerprint density at radius 1 is 1.20 bits per heavy atom. The Balaban J connectivity index is 0.000000265. The molecule has 15 heavy (non-hydrogen) atoms. The van der Waals surface area contributed by atoms with Gasteiger partial charge in [0.1, 0.15) is 0 Å². The van der Waals surface area contributed by atoms with Crippen LogP contribution in [0.1, 0.15) is 39.5 Å². The molecule has 1 aliphatic rings. The Bertz CT molecular complexity index is 213. The van der Waals surface area contributed by atoms with Crippen molar-refractivity contribution >= 4 is 5.97 Å². The molecule has 1 saturated carbocycles. The molecular weight excluding hydrogens is 196 g/mol. The van der Waals surface area contributed by atoms with E-state index in [4.69, 9.17) is 15.3 Å². The summed E-state index contributed by atoms with van der Waals surface area (Å²) in [6.45, 7) is 3.26. The zero-order valence-corrected chi connectivity index (χ0v) is 9.31. The molecule has 1 rings (SSSR count). The largest absolute Gasteiger partial charge is 0.478 e. The molecule has 88 valence electrons. The SMILES string of the molecule is CC=C(C)C(=O)O.OC1CCCCC1O. The van der Waals surface area contributed by atoms with Gasteiger partial charge >= 0.3 is 5.97 Å². The van der Waals surface area contributed by atoms with Gasteiger partial charge in [-0.1, -0.05) is 18.9 Å². The first-order chi connectivity index (χ1) is 6.99. The summed E-state index contributed by atoms with van der Waals surface area (Å²) in [5.74, 6) is -0.845. The summed E-state index contributed by atoms with van der Waals surface area (Å²) in [6.07, 6.45) is 4.37. The van der Waals surface area contributed by atoms with Crippen molar-refractivity contribution in [1.82, 2.24) is 0 Å². The second-order valence-electron chi connectivity index (χ2n) is 3.70. The number of carbonyl (C=O) groups is 1. The molecule has 1 fully saturated rings. The molecule has 1 aliphatic carbocycles. The zero-order valence-electron chi connectivity index (χ0n) is 9.31. The quantitative estimate of drug-likeness (QED) is 0.578. The van der Waals surface area contributed by atoms with Gasteiger partial charge in [0.15, 0.2) is 0 Å². The maximum Gasteiger partial charge on any atom is 0.330 e. The summed E-state index contributed by atoms with van der Waals surface area (Å²) in [5, 5.41) is 26.0.